The summed E-state index contributed by atoms with van der Waals surface area (Å²) in [6.45, 7) is 8.41. The molecule has 1 N–H and O–H groups in total. The van der Waals surface area contributed by atoms with Crippen LogP contribution in [0.25, 0.3) is 0 Å². The van der Waals surface area contributed by atoms with Gasteiger partial charge in [0, 0.05) is 12.8 Å². The SMILES string of the molecule is C=CCC[C@H]1C[C@@]2(C)C(CC[C@]2(C)O)C2CCC3=C(CCC(=O)C3)C21. The average Bonchev–Trinajstić information content (AvgIpc) is 2.81. The van der Waals surface area contributed by atoms with E-state index in [4.69, 9.17) is 0 Å². The van der Waals surface area contributed by atoms with Crippen LogP contribution in [0.3, 0.4) is 0 Å². The number of ketones is 1. The largest absolute Gasteiger partial charge is 0.390 e. The number of fused-ring (bicyclic) bond motifs is 4. The van der Waals surface area contributed by atoms with E-state index in [1.54, 1.807) is 5.57 Å². The molecule has 2 nitrogen and oxygen atoms in total. The van der Waals surface area contributed by atoms with Crippen molar-refractivity contribution >= 4 is 5.78 Å². The number of Topliss-reactive ketones (excluding diaryl/α,β-unsaturated/α-hetero) is 1. The molecule has 0 spiro atoms. The first-order valence-corrected chi connectivity index (χ1v) is 10.4. The van der Waals surface area contributed by atoms with Gasteiger partial charge in [-0.25, -0.2) is 0 Å². The van der Waals surface area contributed by atoms with Crippen LogP contribution in [0.1, 0.15) is 78.1 Å². The highest BCUT2D eigenvalue weighted by Crippen LogP contribution is 2.66. The molecule has 0 heterocycles. The average molecular weight is 343 g/mol. The normalized spacial score (nSPS) is 46.4. The van der Waals surface area contributed by atoms with E-state index >= 15 is 0 Å². The second-order valence-corrected chi connectivity index (χ2v) is 9.74. The summed E-state index contributed by atoms with van der Waals surface area (Å²) < 4.78 is 0. The van der Waals surface area contributed by atoms with Gasteiger partial charge in [-0.1, -0.05) is 24.1 Å². The minimum absolute atomic E-state index is 0.0581. The zero-order chi connectivity index (χ0) is 17.8. The summed E-state index contributed by atoms with van der Waals surface area (Å²) in [6.07, 6.45) is 12.5. The van der Waals surface area contributed by atoms with Crippen molar-refractivity contribution in [3.05, 3.63) is 23.8 Å². The lowest BCUT2D eigenvalue weighted by Crippen LogP contribution is -2.53. The molecule has 0 aromatic carbocycles. The molecule has 25 heavy (non-hydrogen) atoms. The van der Waals surface area contributed by atoms with Crippen LogP contribution in [0.2, 0.25) is 0 Å². The highest BCUT2D eigenvalue weighted by molar-refractivity contribution is 5.82. The maximum Gasteiger partial charge on any atom is 0.137 e. The Balaban J connectivity index is 1.72. The molecule has 0 bridgehead atoms. The first kappa shape index (κ1) is 17.5. The summed E-state index contributed by atoms with van der Waals surface area (Å²) in [7, 11) is 0. The molecule has 0 radical (unpaired) electrons. The molecule has 2 heteroatoms. The Labute approximate surface area is 152 Å². The molecule has 138 valence electrons. The molecule has 4 rings (SSSR count). The van der Waals surface area contributed by atoms with Crippen molar-refractivity contribution in [3.8, 4) is 0 Å². The molecule has 4 aliphatic carbocycles. The second-order valence-electron chi connectivity index (χ2n) is 9.74. The second kappa shape index (κ2) is 6.08. The third-order valence-corrected chi connectivity index (χ3v) is 8.62. The van der Waals surface area contributed by atoms with E-state index in [0.717, 1.165) is 50.9 Å². The van der Waals surface area contributed by atoms with Gasteiger partial charge in [-0.3, -0.25) is 4.79 Å². The third kappa shape index (κ3) is 2.59. The Morgan fingerprint density at radius 3 is 2.80 bits per heavy atom. The Kier molecular flexibility index (Phi) is 4.26. The molecule has 0 aliphatic heterocycles. The van der Waals surface area contributed by atoms with Gasteiger partial charge in [-0.2, -0.15) is 0 Å². The molecular formula is C23H34O2. The van der Waals surface area contributed by atoms with Crippen molar-refractivity contribution in [1.82, 2.24) is 0 Å². The Bertz CT molecular complexity index is 614. The van der Waals surface area contributed by atoms with Crippen molar-refractivity contribution in [1.29, 1.82) is 0 Å². The highest BCUT2D eigenvalue weighted by Gasteiger charge is 2.61. The van der Waals surface area contributed by atoms with E-state index in [-0.39, 0.29) is 5.41 Å². The van der Waals surface area contributed by atoms with E-state index in [2.05, 4.69) is 26.5 Å². The minimum atomic E-state index is -0.522. The highest BCUT2D eigenvalue weighted by atomic mass is 16.3. The van der Waals surface area contributed by atoms with Crippen LogP contribution < -0.4 is 0 Å². The van der Waals surface area contributed by atoms with Crippen LogP contribution in [-0.2, 0) is 4.79 Å². The smallest absolute Gasteiger partial charge is 0.137 e. The summed E-state index contributed by atoms with van der Waals surface area (Å²) in [4.78, 5) is 12.0. The van der Waals surface area contributed by atoms with Gasteiger partial charge in [-0.15, -0.1) is 6.58 Å². The van der Waals surface area contributed by atoms with Crippen LogP contribution in [0, 0.1) is 29.1 Å². The molecule has 0 aromatic heterocycles. The van der Waals surface area contributed by atoms with Gasteiger partial charge in [0.25, 0.3) is 0 Å². The van der Waals surface area contributed by atoms with Crippen LogP contribution in [-0.4, -0.2) is 16.5 Å². The quantitative estimate of drug-likeness (QED) is 0.714. The zero-order valence-corrected chi connectivity index (χ0v) is 16.0. The maximum absolute atomic E-state index is 12.0. The van der Waals surface area contributed by atoms with Crippen LogP contribution >= 0.6 is 0 Å². The van der Waals surface area contributed by atoms with E-state index in [1.165, 1.54) is 24.8 Å². The molecule has 6 atom stereocenters. The van der Waals surface area contributed by atoms with Gasteiger partial charge in [0.1, 0.15) is 5.78 Å². The number of hydrogen-bond donors (Lipinski definition) is 1. The van der Waals surface area contributed by atoms with E-state index in [1.807, 2.05) is 0 Å². The third-order valence-electron chi connectivity index (χ3n) is 8.62. The summed E-state index contributed by atoms with van der Waals surface area (Å²) in [5.74, 6) is 3.13. The van der Waals surface area contributed by atoms with Crippen molar-refractivity contribution in [2.45, 2.75) is 83.7 Å². The van der Waals surface area contributed by atoms with E-state index in [9.17, 15) is 9.90 Å². The molecular weight excluding hydrogens is 308 g/mol. The minimum Gasteiger partial charge on any atom is -0.390 e. The van der Waals surface area contributed by atoms with Gasteiger partial charge in [0.15, 0.2) is 0 Å². The van der Waals surface area contributed by atoms with E-state index < -0.39 is 5.60 Å². The van der Waals surface area contributed by atoms with Crippen molar-refractivity contribution < 1.29 is 9.90 Å². The van der Waals surface area contributed by atoms with Crippen molar-refractivity contribution in [2.75, 3.05) is 0 Å². The Morgan fingerprint density at radius 1 is 1.24 bits per heavy atom. The fourth-order valence-electron chi connectivity index (χ4n) is 7.19. The monoisotopic (exact) mass is 342 g/mol. The first-order valence-electron chi connectivity index (χ1n) is 10.4. The predicted molar refractivity (Wildman–Crippen MR) is 101 cm³/mol. The number of allylic oxidation sites excluding steroid dienone is 3. The number of hydrogen-bond acceptors (Lipinski definition) is 2. The topological polar surface area (TPSA) is 37.3 Å². The molecule has 0 saturated heterocycles. The van der Waals surface area contributed by atoms with Crippen LogP contribution in [0.15, 0.2) is 23.8 Å². The first-order chi connectivity index (χ1) is 11.9. The number of carbonyl (C=O) groups excluding carboxylic acids is 1. The Morgan fingerprint density at radius 2 is 2.04 bits per heavy atom. The summed E-state index contributed by atoms with van der Waals surface area (Å²) in [6, 6.07) is 0. The van der Waals surface area contributed by atoms with Crippen molar-refractivity contribution in [3.63, 3.8) is 0 Å². The maximum atomic E-state index is 12.0. The van der Waals surface area contributed by atoms with Crippen LogP contribution in [0.5, 0.6) is 0 Å². The number of rotatable bonds is 3. The van der Waals surface area contributed by atoms with Gasteiger partial charge < -0.3 is 5.11 Å². The molecule has 3 unspecified atom stereocenters. The van der Waals surface area contributed by atoms with Crippen LogP contribution in [0.4, 0.5) is 0 Å². The van der Waals surface area contributed by atoms with Crippen molar-refractivity contribution in [2.24, 2.45) is 29.1 Å². The lowest BCUT2D eigenvalue weighted by Gasteiger charge is -2.57. The fraction of sp³-hybridized carbons (Fsp3) is 0.783. The summed E-state index contributed by atoms with van der Waals surface area (Å²) in [5.41, 5.74) is 2.70. The summed E-state index contributed by atoms with van der Waals surface area (Å²) in [5, 5.41) is 11.2. The Hall–Kier alpha value is -0.890. The number of aliphatic hydroxyl groups is 1. The number of carbonyl (C=O) groups is 1. The van der Waals surface area contributed by atoms with E-state index in [0.29, 0.717) is 23.5 Å². The zero-order valence-electron chi connectivity index (χ0n) is 16.0. The molecule has 0 aromatic rings. The van der Waals surface area contributed by atoms with Gasteiger partial charge in [-0.05, 0) is 87.4 Å². The summed E-state index contributed by atoms with van der Waals surface area (Å²) >= 11 is 0. The lowest BCUT2D eigenvalue weighted by molar-refractivity contribution is -0.121. The molecule has 0 amide bonds. The van der Waals surface area contributed by atoms with Gasteiger partial charge in [0.2, 0.25) is 0 Å². The standard InChI is InChI=1S/C23H34O2/c1-4-5-6-16-14-22(2)20(11-12-23(22,3)25)19-9-7-15-13-17(24)8-10-18(15)21(16)19/h4,16,19-21,25H,1,5-14H2,2-3H3/t16-,19?,20?,21?,22-,23-/m0/s1. The molecule has 2 saturated carbocycles. The predicted octanol–water partition coefficient (Wildman–Crippen LogP) is 5.22. The molecule has 2 fully saturated rings. The van der Waals surface area contributed by atoms with Gasteiger partial charge in [0.05, 0.1) is 5.60 Å². The van der Waals surface area contributed by atoms with Gasteiger partial charge >= 0.3 is 0 Å². The fourth-order valence-corrected chi connectivity index (χ4v) is 7.19. The molecule has 4 aliphatic rings. The lowest BCUT2D eigenvalue weighted by atomic mass is 9.49.